The third-order valence-corrected chi connectivity index (χ3v) is 3.79. The lowest BCUT2D eigenvalue weighted by molar-refractivity contribution is -0.361. The molecular formula is C12H22O3. The summed E-state index contributed by atoms with van der Waals surface area (Å²) in [4.78, 5) is 0. The van der Waals surface area contributed by atoms with Gasteiger partial charge in [0.15, 0.2) is 6.29 Å². The molecule has 2 fully saturated rings. The van der Waals surface area contributed by atoms with Gasteiger partial charge in [0.1, 0.15) is 5.60 Å². The summed E-state index contributed by atoms with van der Waals surface area (Å²) in [6.45, 7) is 8.05. The van der Waals surface area contributed by atoms with E-state index in [2.05, 4.69) is 20.8 Å². The Labute approximate surface area is 92.1 Å². The molecule has 0 aliphatic carbocycles. The van der Waals surface area contributed by atoms with Crippen LogP contribution in [0.4, 0.5) is 0 Å². The van der Waals surface area contributed by atoms with E-state index in [0.29, 0.717) is 5.92 Å². The summed E-state index contributed by atoms with van der Waals surface area (Å²) < 4.78 is 17.0. The zero-order valence-corrected chi connectivity index (χ0v) is 9.99. The Hall–Kier alpha value is -0.120. The third-order valence-electron chi connectivity index (χ3n) is 3.79. The van der Waals surface area contributed by atoms with Crippen molar-refractivity contribution in [3.05, 3.63) is 0 Å². The molecule has 4 atom stereocenters. The molecule has 4 unspecified atom stereocenters. The Morgan fingerprint density at radius 1 is 1.33 bits per heavy atom. The maximum absolute atomic E-state index is 6.09. The molecule has 0 radical (unpaired) electrons. The first-order chi connectivity index (χ1) is 7.22. The maximum atomic E-state index is 6.09. The van der Waals surface area contributed by atoms with Gasteiger partial charge in [-0.2, -0.15) is 0 Å². The first-order valence-corrected chi connectivity index (χ1v) is 6.13. The lowest BCUT2D eigenvalue weighted by atomic mass is 9.89. The van der Waals surface area contributed by atoms with Gasteiger partial charge >= 0.3 is 0 Å². The predicted molar refractivity (Wildman–Crippen MR) is 57.7 cm³/mol. The van der Waals surface area contributed by atoms with Crippen LogP contribution >= 0.6 is 0 Å². The van der Waals surface area contributed by atoms with Crippen molar-refractivity contribution >= 4 is 0 Å². The highest BCUT2D eigenvalue weighted by Gasteiger charge is 2.49. The fourth-order valence-corrected chi connectivity index (χ4v) is 2.30. The van der Waals surface area contributed by atoms with E-state index in [1.54, 1.807) is 0 Å². The summed E-state index contributed by atoms with van der Waals surface area (Å²) in [5, 5.41) is 0. The van der Waals surface area contributed by atoms with Crippen molar-refractivity contribution in [2.45, 2.75) is 58.0 Å². The first-order valence-electron chi connectivity index (χ1n) is 6.13. The van der Waals surface area contributed by atoms with Gasteiger partial charge in [-0.15, -0.1) is 0 Å². The average Bonchev–Trinajstić information content (AvgIpc) is 2.23. The quantitative estimate of drug-likeness (QED) is 0.703. The van der Waals surface area contributed by atoms with E-state index in [9.17, 15) is 0 Å². The summed E-state index contributed by atoms with van der Waals surface area (Å²) in [6, 6.07) is 0. The van der Waals surface area contributed by atoms with Gasteiger partial charge in [0.25, 0.3) is 0 Å². The van der Waals surface area contributed by atoms with E-state index in [1.807, 2.05) is 0 Å². The molecule has 0 aromatic rings. The van der Waals surface area contributed by atoms with E-state index in [-0.39, 0.29) is 18.0 Å². The molecule has 3 nitrogen and oxygen atoms in total. The molecule has 0 aromatic heterocycles. The molecule has 0 bridgehead atoms. The fourth-order valence-electron chi connectivity index (χ4n) is 2.30. The van der Waals surface area contributed by atoms with Crippen LogP contribution in [-0.2, 0) is 14.2 Å². The maximum Gasteiger partial charge on any atom is 0.163 e. The zero-order valence-electron chi connectivity index (χ0n) is 9.99. The van der Waals surface area contributed by atoms with Crippen molar-refractivity contribution < 1.29 is 14.2 Å². The highest BCUT2D eigenvalue weighted by atomic mass is 16.7. The SMILES string of the molecule is CCCC1COC1OC1(CC)COC1C. The fraction of sp³-hybridized carbons (Fsp3) is 1.00. The van der Waals surface area contributed by atoms with Gasteiger partial charge in [-0.1, -0.05) is 20.3 Å². The molecule has 15 heavy (non-hydrogen) atoms. The second-order valence-corrected chi connectivity index (χ2v) is 4.74. The molecule has 2 saturated heterocycles. The van der Waals surface area contributed by atoms with Crippen LogP contribution < -0.4 is 0 Å². The second kappa shape index (κ2) is 4.40. The van der Waals surface area contributed by atoms with Crippen LogP contribution in [0.15, 0.2) is 0 Å². The highest BCUT2D eigenvalue weighted by molar-refractivity contribution is 4.95. The van der Waals surface area contributed by atoms with Gasteiger partial charge in [-0.3, -0.25) is 0 Å². The summed E-state index contributed by atoms with van der Waals surface area (Å²) in [6.07, 6.45) is 3.66. The standard InChI is InChI=1S/C12H22O3/c1-4-6-10-7-13-11(10)15-12(5-2)8-14-9(12)3/h9-11H,4-8H2,1-3H3. The minimum atomic E-state index is -0.0723. The third kappa shape index (κ3) is 1.93. The lowest BCUT2D eigenvalue weighted by Crippen LogP contribution is -2.62. The second-order valence-electron chi connectivity index (χ2n) is 4.74. The average molecular weight is 214 g/mol. The molecule has 2 aliphatic rings. The minimum Gasteiger partial charge on any atom is -0.372 e. The number of rotatable bonds is 5. The lowest BCUT2D eigenvalue weighted by Gasteiger charge is -2.51. The van der Waals surface area contributed by atoms with Crippen LogP contribution in [0.3, 0.4) is 0 Å². The van der Waals surface area contributed by atoms with Crippen LogP contribution in [0, 0.1) is 5.92 Å². The molecule has 2 aliphatic heterocycles. The molecule has 0 aromatic carbocycles. The van der Waals surface area contributed by atoms with Crippen molar-refractivity contribution in [3.8, 4) is 0 Å². The first kappa shape index (κ1) is 11.4. The predicted octanol–water partition coefficient (Wildman–Crippen LogP) is 2.34. The van der Waals surface area contributed by atoms with Crippen LogP contribution in [0.2, 0.25) is 0 Å². The van der Waals surface area contributed by atoms with Crippen molar-refractivity contribution in [2.75, 3.05) is 13.2 Å². The largest absolute Gasteiger partial charge is 0.372 e. The Morgan fingerprint density at radius 2 is 2.13 bits per heavy atom. The molecule has 0 spiro atoms. The molecule has 2 heterocycles. The molecule has 3 heteroatoms. The minimum absolute atomic E-state index is 0.0243. The molecule has 2 rings (SSSR count). The number of hydrogen-bond acceptors (Lipinski definition) is 3. The van der Waals surface area contributed by atoms with Crippen LogP contribution in [-0.4, -0.2) is 31.2 Å². The van der Waals surface area contributed by atoms with Gasteiger partial charge in [0.05, 0.1) is 19.3 Å². The summed E-state index contributed by atoms with van der Waals surface area (Å²) >= 11 is 0. The Kier molecular flexibility index (Phi) is 3.33. The van der Waals surface area contributed by atoms with Crippen LogP contribution in [0.25, 0.3) is 0 Å². The van der Waals surface area contributed by atoms with Crippen LogP contribution in [0.5, 0.6) is 0 Å². The van der Waals surface area contributed by atoms with E-state index in [0.717, 1.165) is 19.6 Å². The van der Waals surface area contributed by atoms with E-state index in [4.69, 9.17) is 14.2 Å². The van der Waals surface area contributed by atoms with Crippen molar-refractivity contribution in [1.82, 2.24) is 0 Å². The van der Waals surface area contributed by atoms with Gasteiger partial charge in [0, 0.05) is 5.92 Å². The molecule has 0 saturated carbocycles. The Morgan fingerprint density at radius 3 is 2.47 bits per heavy atom. The Balaban J connectivity index is 1.85. The highest BCUT2D eigenvalue weighted by Crippen LogP contribution is 2.38. The number of hydrogen-bond donors (Lipinski definition) is 0. The summed E-state index contributed by atoms with van der Waals surface area (Å²) in [5.41, 5.74) is -0.0723. The normalized spacial score (nSPS) is 44.6. The van der Waals surface area contributed by atoms with E-state index < -0.39 is 0 Å². The smallest absolute Gasteiger partial charge is 0.163 e. The summed E-state index contributed by atoms with van der Waals surface area (Å²) in [7, 11) is 0. The molecule has 0 N–H and O–H groups in total. The van der Waals surface area contributed by atoms with Gasteiger partial charge in [-0.05, 0) is 19.8 Å². The van der Waals surface area contributed by atoms with Crippen molar-refractivity contribution in [3.63, 3.8) is 0 Å². The topological polar surface area (TPSA) is 27.7 Å². The van der Waals surface area contributed by atoms with Crippen molar-refractivity contribution in [1.29, 1.82) is 0 Å². The van der Waals surface area contributed by atoms with Crippen molar-refractivity contribution in [2.24, 2.45) is 5.92 Å². The van der Waals surface area contributed by atoms with Gasteiger partial charge in [0.2, 0.25) is 0 Å². The summed E-state index contributed by atoms with van der Waals surface area (Å²) in [5.74, 6) is 0.603. The van der Waals surface area contributed by atoms with E-state index >= 15 is 0 Å². The molecule has 0 amide bonds. The monoisotopic (exact) mass is 214 g/mol. The van der Waals surface area contributed by atoms with Gasteiger partial charge in [-0.25, -0.2) is 0 Å². The Bertz CT molecular complexity index is 215. The van der Waals surface area contributed by atoms with E-state index in [1.165, 1.54) is 12.8 Å². The van der Waals surface area contributed by atoms with Crippen LogP contribution in [0.1, 0.15) is 40.0 Å². The number of ether oxygens (including phenoxy) is 3. The van der Waals surface area contributed by atoms with Gasteiger partial charge < -0.3 is 14.2 Å². The zero-order chi connectivity index (χ0) is 10.9. The molecule has 88 valence electrons. The molecular weight excluding hydrogens is 192 g/mol.